The number of ether oxygens (including phenoxy) is 1. The summed E-state index contributed by atoms with van der Waals surface area (Å²) >= 11 is 0. The number of nitrogen functional groups attached to an aromatic ring is 1. The van der Waals surface area contributed by atoms with Crippen LogP contribution in [-0.4, -0.2) is 16.2 Å². The standard InChI is InChI=1S/C25H23N3O2/c26-22-12-14-28(25(29)27-22)13-1-2-15-30-16-20-9-8-19-7-6-17-4-3-5-18-10-11-21(20)24(19)23(17)18/h3-12,14H,1-2,13,15-16H2,(H2,26,27,29). The fourth-order valence-corrected chi connectivity index (χ4v) is 4.20. The van der Waals surface area contributed by atoms with Crippen molar-refractivity contribution in [2.24, 2.45) is 0 Å². The first kappa shape index (κ1) is 18.6. The minimum Gasteiger partial charge on any atom is -0.383 e. The molecule has 0 spiro atoms. The minimum atomic E-state index is -0.301. The lowest BCUT2D eigenvalue weighted by Crippen LogP contribution is -2.23. The molecule has 5 heteroatoms. The molecule has 0 saturated carbocycles. The highest BCUT2D eigenvalue weighted by atomic mass is 16.5. The van der Waals surface area contributed by atoms with E-state index in [1.807, 2.05) is 0 Å². The maximum Gasteiger partial charge on any atom is 0.349 e. The zero-order valence-corrected chi connectivity index (χ0v) is 16.7. The van der Waals surface area contributed by atoms with Crippen molar-refractivity contribution in [3.63, 3.8) is 0 Å². The third kappa shape index (κ3) is 3.37. The van der Waals surface area contributed by atoms with Crippen LogP contribution in [0.5, 0.6) is 0 Å². The van der Waals surface area contributed by atoms with Crippen LogP contribution < -0.4 is 11.4 Å². The Balaban J connectivity index is 1.26. The van der Waals surface area contributed by atoms with Gasteiger partial charge in [0.25, 0.3) is 0 Å². The molecule has 0 amide bonds. The number of nitrogens with zero attached hydrogens (tertiary/aromatic N) is 2. The smallest absolute Gasteiger partial charge is 0.349 e. The largest absolute Gasteiger partial charge is 0.383 e. The van der Waals surface area contributed by atoms with Crippen molar-refractivity contribution in [3.8, 4) is 0 Å². The van der Waals surface area contributed by atoms with E-state index in [0.717, 1.165) is 12.8 Å². The van der Waals surface area contributed by atoms with Crippen molar-refractivity contribution in [1.82, 2.24) is 9.55 Å². The number of anilines is 1. The summed E-state index contributed by atoms with van der Waals surface area (Å²) in [6.07, 6.45) is 3.42. The van der Waals surface area contributed by atoms with Crippen molar-refractivity contribution in [2.75, 3.05) is 12.3 Å². The summed E-state index contributed by atoms with van der Waals surface area (Å²) in [5, 5.41) is 7.72. The zero-order chi connectivity index (χ0) is 20.5. The fourth-order valence-electron chi connectivity index (χ4n) is 4.20. The quantitative estimate of drug-likeness (QED) is 0.319. The van der Waals surface area contributed by atoms with Gasteiger partial charge in [-0.05, 0) is 56.8 Å². The predicted octanol–water partition coefficient (Wildman–Crippen LogP) is 4.72. The van der Waals surface area contributed by atoms with Crippen LogP contribution >= 0.6 is 0 Å². The Kier molecular flexibility index (Phi) is 4.81. The fraction of sp³-hybridized carbons (Fsp3) is 0.200. The van der Waals surface area contributed by atoms with Gasteiger partial charge in [-0.3, -0.25) is 4.57 Å². The number of aromatic nitrogens is 2. The Morgan fingerprint density at radius 1 is 0.867 bits per heavy atom. The average molecular weight is 397 g/mol. The summed E-state index contributed by atoms with van der Waals surface area (Å²) in [4.78, 5) is 15.5. The summed E-state index contributed by atoms with van der Waals surface area (Å²) in [5.41, 5.74) is 6.43. The average Bonchev–Trinajstić information content (AvgIpc) is 2.76. The van der Waals surface area contributed by atoms with Crippen molar-refractivity contribution >= 4 is 38.1 Å². The molecule has 4 aromatic carbocycles. The number of hydrogen-bond donors (Lipinski definition) is 1. The third-order valence-corrected chi connectivity index (χ3v) is 5.71. The van der Waals surface area contributed by atoms with Gasteiger partial charge in [-0.1, -0.05) is 54.6 Å². The maximum atomic E-state index is 11.8. The van der Waals surface area contributed by atoms with Crippen LogP contribution in [-0.2, 0) is 17.9 Å². The molecule has 5 aromatic rings. The highest BCUT2D eigenvalue weighted by molar-refractivity contribution is 6.23. The Hall–Kier alpha value is -3.44. The molecule has 5 nitrogen and oxygen atoms in total. The molecule has 0 aliphatic heterocycles. The van der Waals surface area contributed by atoms with Crippen molar-refractivity contribution in [3.05, 3.63) is 82.9 Å². The summed E-state index contributed by atoms with van der Waals surface area (Å²) < 4.78 is 7.55. The second-order valence-corrected chi connectivity index (χ2v) is 7.67. The molecule has 1 aromatic heterocycles. The number of benzene rings is 4. The summed E-state index contributed by atoms with van der Waals surface area (Å²) in [6, 6.07) is 21.3. The summed E-state index contributed by atoms with van der Waals surface area (Å²) in [7, 11) is 0. The number of unbranched alkanes of at least 4 members (excludes halogenated alkanes) is 1. The highest BCUT2D eigenvalue weighted by Crippen LogP contribution is 2.36. The molecule has 150 valence electrons. The number of rotatable bonds is 7. The Bertz CT molecular complexity index is 1370. The Labute approximate surface area is 174 Å². The lowest BCUT2D eigenvalue weighted by Gasteiger charge is -2.14. The van der Waals surface area contributed by atoms with E-state index in [4.69, 9.17) is 10.5 Å². The highest BCUT2D eigenvalue weighted by Gasteiger charge is 2.10. The number of hydrogen-bond acceptors (Lipinski definition) is 4. The molecular weight excluding hydrogens is 374 g/mol. The van der Waals surface area contributed by atoms with Gasteiger partial charge in [0.05, 0.1) is 6.61 Å². The molecule has 5 rings (SSSR count). The lowest BCUT2D eigenvalue weighted by molar-refractivity contribution is 0.117. The number of aryl methyl sites for hydroxylation is 1. The van der Waals surface area contributed by atoms with Crippen molar-refractivity contribution in [1.29, 1.82) is 0 Å². The van der Waals surface area contributed by atoms with Crippen LogP contribution in [0.2, 0.25) is 0 Å². The van der Waals surface area contributed by atoms with Gasteiger partial charge in [-0.2, -0.15) is 4.98 Å². The zero-order valence-electron chi connectivity index (χ0n) is 16.7. The molecule has 0 aliphatic carbocycles. The molecular formula is C25H23N3O2. The first-order valence-electron chi connectivity index (χ1n) is 10.3. The van der Waals surface area contributed by atoms with Gasteiger partial charge in [0.1, 0.15) is 5.82 Å². The Morgan fingerprint density at radius 3 is 2.40 bits per heavy atom. The number of nitrogens with two attached hydrogens (primary N) is 1. The SMILES string of the molecule is Nc1ccn(CCCCOCc2ccc3ccc4cccc5ccc2c3c45)c(=O)n1. The van der Waals surface area contributed by atoms with E-state index >= 15 is 0 Å². The first-order chi connectivity index (χ1) is 14.7. The first-order valence-corrected chi connectivity index (χ1v) is 10.3. The van der Waals surface area contributed by atoms with E-state index in [1.54, 1.807) is 16.8 Å². The van der Waals surface area contributed by atoms with E-state index in [9.17, 15) is 4.79 Å². The molecule has 0 bridgehead atoms. The minimum absolute atomic E-state index is 0.257. The molecule has 0 atom stereocenters. The lowest BCUT2D eigenvalue weighted by atomic mass is 9.92. The summed E-state index contributed by atoms with van der Waals surface area (Å²) in [5.74, 6) is 0.257. The molecule has 30 heavy (non-hydrogen) atoms. The van der Waals surface area contributed by atoms with E-state index in [0.29, 0.717) is 19.8 Å². The van der Waals surface area contributed by atoms with Gasteiger partial charge in [0.2, 0.25) is 0 Å². The van der Waals surface area contributed by atoms with Crippen LogP contribution in [0.4, 0.5) is 5.82 Å². The van der Waals surface area contributed by atoms with Crippen LogP contribution in [0.3, 0.4) is 0 Å². The van der Waals surface area contributed by atoms with E-state index < -0.39 is 0 Å². The molecule has 2 N–H and O–H groups in total. The van der Waals surface area contributed by atoms with Crippen LogP contribution in [0.1, 0.15) is 18.4 Å². The van der Waals surface area contributed by atoms with Crippen LogP contribution in [0.25, 0.3) is 32.3 Å². The van der Waals surface area contributed by atoms with E-state index in [1.165, 1.54) is 37.9 Å². The van der Waals surface area contributed by atoms with Crippen LogP contribution in [0.15, 0.2) is 71.7 Å². The van der Waals surface area contributed by atoms with E-state index in [-0.39, 0.29) is 11.5 Å². The van der Waals surface area contributed by atoms with Crippen molar-refractivity contribution < 1.29 is 4.74 Å². The second kappa shape index (κ2) is 7.76. The summed E-state index contributed by atoms with van der Waals surface area (Å²) in [6.45, 7) is 1.85. The van der Waals surface area contributed by atoms with Gasteiger partial charge in [-0.25, -0.2) is 4.79 Å². The molecule has 0 unspecified atom stereocenters. The van der Waals surface area contributed by atoms with Crippen LogP contribution in [0, 0.1) is 0 Å². The van der Waals surface area contributed by atoms with Gasteiger partial charge < -0.3 is 10.5 Å². The molecule has 0 fully saturated rings. The van der Waals surface area contributed by atoms with Gasteiger partial charge in [-0.15, -0.1) is 0 Å². The molecule has 0 aliphatic rings. The van der Waals surface area contributed by atoms with Gasteiger partial charge in [0.15, 0.2) is 0 Å². The second-order valence-electron chi connectivity index (χ2n) is 7.67. The topological polar surface area (TPSA) is 70.1 Å². The molecule has 0 radical (unpaired) electrons. The molecule has 0 saturated heterocycles. The normalized spacial score (nSPS) is 11.7. The third-order valence-electron chi connectivity index (χ3n) is 5.71. The predicted molar refractivity (Wildman–Crippen MR) is 122 cm³/mol. The molecule has 1 heterocycles. The van der Waals surface area contributed by atoms with Crippen molar-refractivity contribution in [2.45, 2.75) is 26.0 Å². The van der Waals surface area contributed by atoms with Gasteiger partial charge >= 0.3 is 5.69 Å². The maximum absolute atomic E-state index is 11.8. The van der Waals surface area contributed by atoms with E-state index in [2.05, 4.69) is 59.6 Å². The van der Waals surface area contributed by atoms with Gasteiger partial charge in [0, 0.05) is 19.3 Å². The Morgan fingerprint density at radius 2 is 1.60 bits per heavy atom. The monoisotopic (exact) mass is 397 g/mol.